The quantitative estimate of drug-likeness (QED) is 0.911. The van der Waals surface area contributed by atoms with Gasteiger partial charge < -0.3 is 10.1 Å². The highest BCUT2D eigenvalue weighted by Gasteiger charge is 2.13. The molecule has 0 heterocycles. The van der Waals surface area contributed by atoms with Crippen LogP contribution in [-0.2, 0) is 11.2 Å². The molecule has 2 aromatic rings. The Morgan fingerprint density at radius 2 is 1.86 bits per heavy atom. The molecule has 0 aliphatic carbocycles. The molecule has 2 rings (SSSR count). The van der Waals surface area contributed by atoms with Crippen LogP contribution in [0.25, 0.3) is 0 Å². The van der Waals surface area contributed by atoms with Crippen molar-refractivity contribution in [1.29, 1.82) is 5.26 Å². The first-order valence-corrected chi connectivity index (χ1v) is 6.38. The van der Waals surface area contributed by atoms with Gasteiger partial charge in [-0.05, 0) is 30.2 Å². The minimum absolute atomic E-state index is 0.0526. The van der Waals surface area contributed by atoms with Crippen molar-refractivity contribution >= 4 is 11.4 Å². The van der Waals surface area contributed by atoms with E-state index < -0.39 is 11.6 Å². The van der Waals surface area contributed by atoms with E-state index in [-0.39, 0.29) is 11.3 Å². The summed E-state index contributed by atoms with van der Waals surface area (Å²) in [4.78, 5) is 0. The number of ether oxygens (including phenoxy) is 1. The Hall–Kier alpha value is -2.45. The lowest BCUT2D eigenvalue weighted by Gasteiger charge is -2.13. The third-order valence-electron chi connectivity index (χ3n) is 3.02. The second kappa shape index (κ2) is 6.82. The number of hydrogen-bond acceptors (Lipinski definition) is 3. The van der Waals surface area contributed by atoms with Crippen LogP contribution in [0.4, 0.5) is 20.2 Å². The number of rotatable bonds is 5. The number of nitriles is 1. The highest BCUT2D eigenvalue weighted by atomic mass is 19.1. The minimum atomic E-state index is -0.798. The molecule has 108 valence electrons. The lowest BCUT2D eigenvalue weighted by Crippen LogP contribution is -2.03. The Morgan fingerprint density at radius 3 is 2.48 bits per heavy atom. The highest BCUT2D eigenvalue weighted by molar-refractivity contribution is 5.65. The van der Waals surface area contributed by atoms with Crippen LogP contribution in [0.15, 0.2) is 36.4 Å². The zero-order chi connectivity index (χ0) is 15.2. The molecule has 0 unspecified atom stereocenters. The van der Waals surface area contributed by atoms with E-state index in [0.29, 0.717) is 18.7 Å². The Labute approximate surface area is 121 Å². The van der Waals surface area contributed by atoms with E-state index in [9.17, 15) is 8.78 Å². The van der Waals surface area contributed by atoms with Gasteiger partial charge in [-0.1, -0.05) is 18.2 Å². The van der Waals surface area contributed by atoms with E-state index in [4.69, 9.17) is 10.00 Å². The molecule has 0 spiro atoms. The number of benzene rings is 2. The minimum Gasteiger partial charge on any atom is -0.384 e. The summed E-state index contributed by atoms with van der Waals surface area (Å²) in [6.07, 6.45) is 0.624. The molecule has 0 radical (unpaired) electrons. The topological polar surface area (TPSA) is 45.0 Å². The Bertz CT molecular complexity index is 657. The first-order chi connectivity index (χ1) is 10.2. The van der Waals surface area contributed by atoms with Crippen molar-refractivity contribution in [2.24, 2.45) is 0 Å². The van der Waals surface area contributed by atoms with Crippen molar-refractivity contribution in [3.05, 3.63) is 59.2 Å². The number of hydrogen-bond donors (Lipinski definition) is 1. The van der Waals surface area contributed by atoms with Gasteiger partial charge in [0.25, 0.3) is 0 Å². The highest BCUT2D eigenvalue weighted by Crippen LogP contribution is 2.27. The summed E-state index contributed by atoms with van der Waals surface area (Å²) in [6.45, 7) is 0.511. The number of nitrogens with zero attached hydrogens (tertiary/aromatic N) is 1. The zero-order valence-electron chi connectivity index (χ0n) is 11.5. The molecule has 0 fully saturated rings. The lowest BCUT2D eigenvalue weighted by molar-refractivity contribution is 0.202. The molecule has 5 heteroatoms. The van der Waals surface area contributed by atoms with E-state index in [1.165, 1.54) is 0 Å². The SMILES string of the molecule is COCCc1ccccc1Nc1c(F)cc(C#N)cc1F. The van der Waals surface area contributed by atoms with Gasteiger partial charge in [0.2, 0.25) is 0 Å². The van der Waals surface area contributed by atoms with Gasteiger partial charge in [-0.25, -0.2) is 8.78 Å². The summed E-state index contributed by atoms with van der Waals surface area (Å²) in [5.41, 5.74) is 1.18. The molecule has 0 amide bonds. The van der Waals surface area contributed by atoms with Gasteiger partial charge in [0.15, 0.2) is 11.6 Å². The first-order valence-electron chi connectivity index (χ1n) is 6.38. The number of halogens is 2. The lowest BCUT2D eigenvalue weighted by atomic mass is 10.1. The molecule has 2 aromatic carbocycles. The maximum Gasteiger partial charge on any atom is 0.150 e. The standard InChI is InChI=1S/C16H14F2N2O/c1-21-7-6-12-4-2-3-5-15(12)20-16-13(17)8-11(10-19)9-14(16)18/h2-5,8-9,20H,6-7H2,1H3. The van der Waals surface area contributed by atoms with Crippen LogP contribution in [-0.4, -0.2) is 13.7 Å². The number of methoxy groups -OCH3 is 1. The van der Waals surface area contributed by atoms with Gasteiger partial charge in [0, 0.05) is 12.8 Å². The van der Waals surface area contributed by atoms with E-state index >= 15 is 0 Å². The summed E-state index contributed by atoms with van der Waals surface area (Å²) in [5, 5.41) is 11.4. The molecule has 0 bridgehead atoms. The fraction of sp³-hybridized carbons (Fsp3) is 0.188. The molecule has 0 saturated carbocycles. The molecule has 21 heavy (non-hydrogen) atoms. The third kappa shape index (κ3) is 3.56. The van der Waals surface area contributed by atoms with Crippen LogP contribution in [0, 0.1) is 23.0 Å². The van der Waals surface area contributed by atoms with E-state index in [1.54, 1.807) is 25.3 Å². The number of nitrogens with one attached hydrogen (secondary N) is 1. The summed E-state index contributed by atoms with van der Waals surface area (Å²) < 4.78 is 32.8. The molecule has 0 saturated heterocycles. The Kier molecular flexibility index (Phi) is 4.85. The van der Waals surface area contributed by atoms with E-state index in [1.807, 2.05) is 12.1 Å². The largest absolute Gasteiger partial charge is 0.384 e. The van der Waals surface area contributed by atoms with E-state index in [0.717, 1.165) is 17.7 Å². The van der Waals surface area contributed by atoms with Gasteiger partial charge in [-0.2, -0.15) is 5.26 Å². The molecular weight excluding hydrogens is 274 g/mol. The predicted octanol–water partition coefficient (Wildman–Crippen LogP) is 3.77. The van der Waals surface area contributed by atoms with Crippen molar-refractivity contribution in [3.8, 4) is 6.07 Å². The van der Waals surface area contributed by atoms with Crippen molar-refractivity contribution in [1.82, 2.24) is 0 Å². The van der Waals surface area contributed by atoms with Gasteiger partial charge in [-0.3, -0.25) is 0 Å². The normalized spacial score (nSPS) is 10.2. The Balaban J connectivity index is 2.33. The van der Waals surface area contributed by atoms with Crippen molar-refractivity contribution < 1.29 is 13.5 Å². The van der Waals surface area contributed by atoms with Crippen LogP contribution in [0.1, 0.15) is 11.1 Å². The molecule has 0 aromatic heterocycles. The van der Waals surface area contributed by atoms with Gasteiger partial charge in [0.05, 0.1) is 18.2 Å². The second-order valence-electron chi connectivity index (χ2n) is 4.45. The zero-order valence-corrected chi connectivity index (χ0v) is 11.5. The maximum atomic E-state index is 13.9. The monoisotopic (exact) mass is 288 g/mol. The van der Waals surface area contributed by atoms with Crippen LogP contribution in [0.3, 0.4) is 0 Å². The fourth-order valence-electron chi connectivity index (χ4n) is 1.96. The van der Waals surface area contributed by atoms with Crippen molar-refractivity contribution in [3.63, 3.8) is 0 Å². The molecule has 0 aliphatic rings. The summed E-state index contributed by atoms with van der Waals surface area (Å²) in [7, 11) is 1.59. The molecule has 1 N–H and O–H groups in total. The summed E-state index contributed by atoms with van der Waals surface area (Å²) in [6, 6.07) is 10.9. The Morgan fingerprint density at radius 1 is 1.19 bits per heavy atom. The number of para-hydroxylation sites is 1. The molecule has 0 aliphatic heterocycles. The smallest absolute Gasteiger partial charge is 0.150 e. The fourth-order valence-corrected chi connectivity index (χ4v) is 1.96. The molecule has 3 nitrogen and oxygen atoms in total. The van der Waals surface area contributed by atoms with Crippen LogP contribution < -0.4 is 5.32 Å². The number of anilines is 2. The summed E-state index contributed by atoms with van der Waals surface area (Å²) >= 11 is 0. The average Bonchev–Trinajstić information content (AvgIpc) is 2.49. The first kappa shape index (κ1) is 14.9. The second-order valence-corrected chi connectivity index (χ2v) is 4.45. The van der Waals surface area contributed by atoms with Crippen LogP contribution in [0.2, 0.25) is 0 Å². The van der Waals surface area contributed by atoms with Gasteiger partial charge in [-0.15, -0.1) is 0 Å². The molecular formula is C16H14F2N2O. The van der Waals surface area contributed by atoms with Crippen LogP contribution in [0.5, 0.6) is 0 Å². The van der Waals surface area contributed by atoms with Crippen molar-refractivity contribution in [2.45, 2.75) is 6.42 Å². The van der Waals surface area contributed by atoms with Gasteiger partial charge in [0.1, 0.15) is 5.69 Å². The van der Waals surface area contributed by atoms with Gasteiger partial charge >= 0.3 is 0 Å². The van der Waals surface area contributed by atoms with E-state index in [2.05, 4.69) is 5.32 Å². The molecule has 0 atom stereocenters. The average molecular weight is 288 g/mol. The summed E-state index contributed by atoms with van der Waals surface area (Å²) in [5.74, 6) is -1.60. The third-order valence-corrected chi connectivity index (χ3v) is 3.02. The van der Waals surface area contributed by atoms with Crippen molar-refractivity contribution in [2.75, 3.05) is 19.0 Å². The maximum absolute atomic E-state index is 13.9. The van der Waals surface area contributed by atoms with Crippen LogP contribution >= 0.6 is 0 Å². The predicted molar refractivity (Wildman–Crippen MR) is 76.4 cm³/mol.